The maximum atomic E-state index is 13.8. The third-order valence-electron chi connectivity index (χ3n) is 6.83. The van der Waals surface area contributed by atoms with E-state index in [2.05, 4.69) is 5.32 Å². The molecule has 2 bridgehead atoms. The fraction of sp³-hybridized carbons (Fsp3) is 0.409. The molecule has 0 radical (unpaired) electrons. The first-order valence-corrected chi connectivity index (χ1v) is 10.3. The van der Waals surface area contributed by atoms with Crippen LogP contribution < -0.4 is 10.7 Å². The van der Waals surface area contributed by atoms with E-state index < -0.39 is 34.6 Å². The topological polar surface area (TPSA) is 91.6 Å². The number of hydrogen-bond acceptors (Lipinski definition) is 4. The Bertz CT molecular complexity index is 1170. The molecular formula is C22H21F2N3O4. The SMILES string of the molecule is O=C(NCc1ccc(F)cc1F)c1cn2c(c(O)c1=O)C(=O)N1CCCC3(CC3)[C@H]2C1. The lowest BCUT2D eigenvalue weighted by atomic mass is 9.90. The zero-order valence-electron chi connectivity index (χ0n) is 16.7. The van der Waals surface area contributed by atoms with Gasteiger partial charge in [-0.15, -0.1) is 0 Å². The van der Waals surface area contributed by atoms with Crippen LogP contribution in [0.3, 0.4) is 0 Å². The summed E-state index contributed by atoms with van der Waals surface area (Å²) in [5.74, 6) is -3.50. The summed E-state index contributed by atoms with van der Waals surface area (Å²) in [7, 11) is 0. The van der Waals surface area contributed by atoms with Crippen molar-refractivity contribution in [2.24, 2.45) is 5.41 Å². The number of pyridine rings is 1. The van der Waals surface area contributed by atoms with Gasteiger partial charge >= 0.3 is 0 Å². The summed E-state index contributed by atoms with van der Waals surface area (Å²) in [6.45, 7) is 0.805. The van der Waals surface area contributed by atoms with Crippen molar-refractivity contribution in [2.75, 3.05) is 13.1 Å². The first-order valence-electron chi connectivity index (χ1n) is 10.3. The molecule has 1 atom stereocenters. The van der Waals surface area contributed by atoms with E-state index in [0.29, 0.717) is 19.2 Å². The molecule has 162 valence electrons. The van der Waals surface area contributed by atoms with Crippen molar-refractivity contribution in [3.05, 3.63) is 63.1 Å². The van der Waals surface area contributed by atoms with Gasteiger partial charge in [-0.1, -0.05) is 6.07 Å². The Balaban J connectivity index is 1.50. The van der Waals surface area contributed by atoms with E-state index in [0.717, 1.165) is 31.7 Å². The number of carbonyl (C=O) groups is 2. The lowest BCUT2D eigenvalue weighted by molar-refractivity contribution is 0.0651. The number of nitrogens with zero attached hydrogens (tertiary/aromatic N) is 2. The van der Waals surface area contributed by atoms with Gasteiger partial charge in [0.1, 0.15) is 17.2 Å². The van der Waals surface area contributed by atoms with E-state index in [1.54, 1.807) is 9.47 Å². The van der Waals surface area contributed by atoms with Crippen LogP contribution in [0, 0.1) is 17.0 Å². The maximum absolute atomic E-state index is 13.8. The van der Waals surface area contributed by atoms with Crippen LogP contribution in [0.4, 0.5) is 8.78 Å². The predicted molar refractivity (Wildman–Crippen MR) is 106 cm³/mol. The minimum atomic E-state index is -0.943. The number of aromatic nitrogens is 1. The number of nitrogens with one attached hydrogen (secondary N) is 1. The van der Waals surface area contributed by atoms with Gasteiger partial charge in [-0.3, -0.25) is 14.4 Å². The number of carbonyl (C=O) groups excluding carboxylic acids is 2. The number of amides is 2. The molecule has 3 heterocycles. The molecule has 31 heavy (non-hydrogen) atoms. The summed E-state index contributed by atoms with van der Waals surface area (Å²) in [5, 5.41) is 13.0. The van der Waals surface area contributed by atoms with Crippen molar-refractivity contribution in [1.82, 2.24) is 14.8 Å². The highest BCUT2D eigenvalue weighted by Gasteiger charge is 2.54. The molecule has 2 amide bonds. The van der Waals surface area contributed by atoms with Crippen LogP contribution in [0.25, 0.3) is 0 Å². The van der Waals surface area contributed by atoms with Crippen LogP contribution in [-0.2, 0) is 6.54 Å². The Hall–Kier alpha value is -3.23. The lowest BCUT2D eigenvalue weighted by Crippen LogP contribution is -2.46. The van der Waals surface area contributed by atoms with E-state index in [9.17, 15) is 28.3 Å². The zero-order chi connectivity index (χ0) is 21.9. The van der Waals surface area contributed by atoms with Crippen molar-refractivity contribution in [3.8, 4) is 5.75 Å². The molecule has 1 aromatic carbocycles. The molecule has 3 aliphatic rings. The van der Waals surface area contributed by atoms with E-state index in [4.69, 9.17) is 0 Å². The predicted octanol–water partition coefficient (Wildman–Crippen LogP) is 2.33. The maximum Gasteiger partial charge on any atom is 0.274 e. The van der Waals surface area contributed by atoms with Crippen molar-refractivity contribution in [3.63, 3.8) is 0 Å². The Morgan fingerprint density at radius 3 is 2.71 bits per heavy atom. The van der Waals surface area contributed by atoms with Gasteiger partial charge in [0.2, 0.25) is 5.43 Å². The first-order chi connectivity index (χ1) is 14.8. The molecule has 2 fully saturated rings. The largest absolute Gasteiger partial charge is 0.503 e. The highest BCUT2D eigenvalue weighted by atomic mass is 19.1. The summed E-state index contributed by atoms with van der Waals surface area (Å²) in [6, 6.07) is 2.87. The molecule has 2 N–H and O–H groups in total. The molecule has 7 nitrogen and oxygen atoms in total. The molecule has 1 aliphatic carbocycles. The number of hydrogen-bond donors (Lipinski definition) is 2. The number of halogens is 2. The summed E-state index contributed by atoms with van der Waals surface area (Å²) < 4.78 is 28.5. The molecule has 1 saturated carbocycles. The average molecular weight is 429 g/mol. The molecule has 5 rings (SSSR count). The van der Waals surface area contributed by atoms with Gasteiger partial charge < -0.3 is 19.9 Å². The second-order valence-corrected chi connectivity index (χ2v) is 8.63. The Morgan fingerprint density at radius 2 is 2.00 bits per heavy atom. The smallest absolute Gasteiger partial charge is 0.274 e. The summed E-state index contributed by atoms with van der Waals surface area (Å²) in [5.41, 5.74) is -1.26. The number of aromatic hydroxyl groups is 1. The molecule has 1 saturated heterocycles. The van der Waals surface area contributed by atoms with Crippen LogP contribution in [-0.4, -0.2) is 39.5 Å². The van der Waals surface area contributed by atoms with Gasteiger partial charge in [0.25, 0.3) is 11.8 Å². The Kier molecular flexibility index (Phi) is 4.39. The number of fused-ring (bicyclic) bond motifs is 5. The number of rotatable bonds is 3. The monoisotopic (exact) mass is 429 g/mol. The molecule has 1 aromatic heterocycles. The van der Waals surface area contributed by atoms with Gasteiger partial charge in [-0.25, -0.2) is 8.78 Å². The first kappa shape index (κ1) is 19.7. The standard InChI is InChI=1S/C22H21F2N3O4/c23-13-3-2-12(15(24)8-13)9-25-20(30)14-10-27-16-11-26(7-1-4-22(16)5-6-22)21(31)17(27)19(29)18(14)28/h2-3,8,10,16,29H,1,4-7,9,11H2,(H,25,30)/t16-/m1/s1. The lowest BCUT2D eigenvalue weighted by Gasteiger charge is -2.37. The Morgan fingerprint density at radius 1 is 1.23 bits per heavy atom. The highest BCUT2D eigenvalue weighted by Crippen LogP contribution is 2.60. The van der Waals surface area contributed by atoms with Crippen LogP contribution in [0.1, 0.15) is 58.1 Å². The molecule has 1 spiro atoms. The zero-order valence-corrected chi connectivity index (χ0v) is 16.7. The third kappa shape index (κ3) is 3.10. The van der Waals surface area contributed by atoms with Gasteiger partial charge in [0, 0.05) is 37.5 Å². The third-order valence-corrected chi connectivity index (χ3v) is 6.83. The van der Waals surface area contributed by atoms with Gasteiger partial charge in [0.05, 0.1) is 6.04 Å². The minimum absolute atomic E-state index is 0.0106. The van der Waals surface area contributed by atoms with Crippen LogP contribution in [0.2, 0.25) is 0 Å². The quantitative estimate of drug-likeness (QED) is 0.784. The minimum Gasteiger partial charge on any atom is -0.503 e. The summed E-state index contributed by atoms with van der Waals surface area (Å²) in [4.78, 5) is 40.0. The average Bonchev–Trinajstić information content (AvgIpc) is 3.53. The van der Waals surface area contributed by atoms with E-state index in [1.807, 2.05) is 0 Å². The second kappa shape index (κ2) is 6.90. The van der Waals surface area contributed by atoms with Crippen molar-refractivity contribution in [2.45, 2.75) is 38.3 Å². The second-order valence-electron chi connectivity index (χ2n) is 8.63. The van der Waals surface area contributed by atoms with Crippen LogP contribution >= 0.6 is 0 Å². The van der Waals surface area contributed by atoms with E-state index in [-0.39, 0.29) is 34.8 Å². The Labute approximate surface area is 176 Å². The van der Waals surface area contributed by atoms with E-state index >= 15 is 0 Å². The van der Waals surface area contributed by atoms with E-state index in [1.165, 1.54) is 12.3 Å². The molecule has 9 heteroatoms. The fourth-order valence-electron chi connectivity index (χ4n) is 4.92. The molecule has 0 unspecified atom stereocenters. The van der Waals surface area contributed by atoms with Crippen LogP contribution in [0.5, 0.6) is 5.75 Å². The van der Waals surface area contributed by atoms with Crippen molar-refractivity contribution < 1.29 is 23.5 Å². The molecule has 2 aromatic rings. The number of benzene rings is 1. The van der Waals surface area contributed by atoms with Crippen molar-refractivity contribution in [1.29, 1.82) is 0 Å². The summed E-state index contributed by atoms with van der Waals surface area (Å²) in [6.07, 6.45) is 5.14. The highest BCUT2D eigenvalue weighted by molar-refractivity contribution is 5.99. The molecular weight excluding hydrogens is 408 g/mol. The normalized spacial score (nSPS) is 20.9. The van der Waals surface area contributed by atoms with Gasteiger partial charge in [-0.05, 0) is 37.2 Å². The van der Waals surface area contributed by atoms with Crippen molar-refractivity contribution >= 4 is 11.8 Å². The van der Waals surface area contributed by atoms with Gasteiger partial charge in [0.15, 0.2) is 11.4 Å². The fourth-order valence-corrected chi connectivity index (χ4v) is 4.92. The molecule has 2 aliphatic heterocycles. The van der Waals surface area contributed by atoms with Gasteiger partial charge in [-0.2, -0.15) is 0 Å². The van der Waals surface area contributed by atoms with Crippen LogP contribution in [0.15, 0.2) is 29.2 Å². The summed E-state index contributed by atoms with van der Waals surface area (Å²) >= 11 is 0.